The highest BCUT2D eigenvalue weighted by molar-refractivity contribution is 5.90. The number of halogens is 4. The Labute approximate surface area is 158 Å². The van der Waals surface area contributed by atoms with Crippen molar-refractivity contribution in [1.82, 2.24) is 15.2 Å². The summed E-state index contributed by atoms with van der Waals surface area (Å²) >= 11 is 0. The molecule has 0 saturated carbocycles. The van der Waals surface area contributed by atoms with Crippen LogP contribution in [0.5, 0.6) is 0 Å². The maximum absolute atomic E-state index is 13.2. The van der Waals surface area contributed by atoms with Gasteiger partial charge in [0.2, 0.25) is 11.8 Å². The van der Waals surface area contributed by atoms with Crippen molar-refractivity contribution in [1.29, 1.82) is 0 Å². The van der Waals surface area contributed by atoms with Crippen LogP contribution in [-0.4, -0.2) is 28.7 Å². The lowest BCUT2D eigenvalue weighted by Gasteiger charge is -2.24. The van der Waals surface area contributed by atoms with Gasteiger partial charge in [0.25, 0.3) is 0 Å². The molecule has 1 fully saturated rings. The van der Waals surface area contributed by atoms with Crippen LogP contribution in [-0.2, 0) is 22.3 Å². The molecule has 1 saturated heterocycles. The molecule has 2 atom stereocenters. The van der Waals surface area contributed by atoms with E-state index in [4.69, 9.17) is 0 Å². The summed E-state index contributed by atoms with van der Waals surface area (Å²) in [5.74, 6) is -2.57. The number of rotatable bonds is 4. The third kappa shape index (κ3) is 3.97. The molecule has 3 rings (SSSR count). The van der Waals surface area contributed by atoms with Gasteiger partial charge in [-0.3, -0.25) is 14.6 Å². The zero-order valence-electron chi connectivity index (χ0n) is 14.8. The molecule has 0 spiro atoms. The van der Waals surface area contributed by atoms with Gasteiger partial charge in [-0.25, -0.2) is 4.39 Å². The quantitative estimate of drug-likeness (QED) is 0.810. The molecule has 1 aliphatic rings. The summed E-state index contributed by atoms with van der Waals surface area (Å²) in [7, 11) is 1.56. The van der Waals surface area contributed by atoms with E-state index in [0.717, 1.165) is 12.1 Å². The minimum Gasteiger partial charge on any atom is -0.352 e. The Morgan fingerprint density at radius 2 is 2.07 bits per heavy atom. The molecule has 1 aliphatic heterocycles. The van der Waals surface area contributed by atoms with Crippen LogP contribution in [0.4, 0.5) is 17.6 Å². The number of amides is 2. The van der Waals surface area contributed by atoms with Gasteiger partial charge < -0.3 is 10.2 Å². The summed E-state index contributed by atoms with van der Waals surface area (Å²) < 4.78 is 52.5. The number of likely N-dealkylation sites (tertiary alicyclic amines) is 1. The number of hydrogen-bond donors (Lipinski definition) is 1. The van der Waals surface area contributed by atoms with Crippen LogP contribution >= 0.6 is 0 Å². The van der Waals surface area contributed by atoms with Gasteiger partial charge in [-0.2, -0.15) is 13.2 Å². The van der Waals surface area contributed by atoms with Crippen molar-refractivity contribution in [2.75, 3.05) is 7.05 Å². The van der Waals surface area contributed by atoms with Crippen LogP contribution in [0.2, 0.25) is 0 Å². The largest absolute Gasteiger partial charge is 0.416 e. The Hall–Kier alpha value is -2.97. The first-order valence-electron chi connectivity index (χ1n) is 8.47. The van der Waals surface area contributed by atoms with Crippen LogP contribution < -0.4 is 5.32 Å². The Kier molecular flexibility index (Phi) is 5.35. The van der Waals surface area contributed by atoms with E-state index in [0.29, 0.717) is 11.6 Å². The van der Waals surface area contributed by atoms with E-state index in [-0.39, 0.29) is 17.9 Å². The van der Waals surface area contributed by atoms with E-state index in [9.17, 15) is 27.2 Å². The van der Waals surface area contributed by atoms with Gasteiger partial charge >= 0.3 is 6.18 Å². The van der Waals surface area contributed by atoms with Crippen molar-refractivity contribution in [2.24, 2.45) is 5.92 Å². The molecular formula is C19H17F4N3O2. The van der Waals surface area contributed by atoms with Crippen LogP contribution in [0.3, 0.4) is 0 Å². The second-order valence-electron chi connectivity index (χ2n) is 6.56. The summed E-state index contributed by atoms with van der Waals surface area (Å²) in [6.45, 7) is -0.428. The molecule has 28 heavy (non-hydrogen) atoms. The van der Waals surface area contributed by atoms with Gasteiger partial charge in [-0.05, 0) is 29.3 Å². The van der Waals surface area contributed by atoms with E-state index < -0.39 is 42.0 Å². The molecule has 0 radical (unpaired) electrons. The molecule has 2 aromatic rings. The van der Waals surface area contributed by atoms with Crippen molar-refractivity contribution in [3.8, 4) is 0 Å². The highest BCUT2D eigenvalue weighted by Gasteiger charge is 2.43. The number of carbonyl (C=O) groups excluding carboxylic acids is 2. The lowest BCUT2D eigenvalue weighted by atomic mass is 9.93. The molecule has 5 nitrogen and oxygen atoms in total. The summed E-state index contributed by atoms with van der Waals surface area (Å²) in [6, 6.07) is 5.14. The molecule has 0 bridgehead atoms. The predicted molar refractivity (Wildman–Crippen MR) is 91.1 cm³/mol. The fourth-order valence-electron chi connectivity index (χ4n) is 3.39. The van der Waals surface area contributed by atoms with Gasteiger partial charge in [-0.1, -0.05) is 12.1 Å². The van der Waals surface area contributed by atoms with E-state index in [1.807, 2.05) is 0 Å². The molecule has 1 aromatic carbocycles. The third-order valence-corrected chi connectivity index (χ3v) is 4.78. The Morgan fingerprint density at radius 3 is 2.71 bits per heavy atom. The van der Waals surface area contributed by atoms with Crippen LogP contribution in [0.15, 0.2) is 42.7 Å². The smallest absolute Gasteiger partial charge is 0.352 e. The number of aromatic nitrogens is 1. The van der Waals surface area contributed by atoms with Crippen LogP contribution in [0, 0.1) is 11.7 Å². The predicted octanol–water partition coefficient (Wildman–Crippen LogP) is 3.08. The number of carbonyl (C=O) groups is 2. The second kappa shape index (κ2) is 7.57. The van der Waals surface area contributed by atoms with Gasteiger partial charge in [0.15, 0.2) is 0 Å². The van der Waals surface area contributed by atoms with Crippen LogP contribution in [0.25, 0.3) is 0 Å². The zero-order chi connectivity index (χ0) is 20.5. The number of nitrogens with zero attached hydrogens (tertiary/aromatic N) is 2. The lowest BCUT2D eigenvalue weighted by Crippen LogP contribution is -2.34. The van der Waals surface area contributed by atoms with Crippen molar-refractivity contribution in [2.45, 2.75) is 25.2 Å². The molecular weight excluding hydrogens is 378 g/mol. The molecule has 2 unspecified atom stereocenters. The Bertz CT molecular complexity index is 886. The maximum Gasteiger partial charge on any atom is 0.416 e. The van der Waals surface area contributed by atoms with Gasteiger partial charge in [0, 0.05) is 32.4 Å². The molecule has 9 heteroatoms. The molecule has 2 heterocycles. The third-order valence-electron chi connectivity index (χ3n) is 4.78. The Morgan fingerprint density at radius 1 is 1.32 bits per heavy atom. The summed E-state index contributed by atoms with van der Waals surface area (Å²) in [5, 5.41) is 2.45. The number of nitrogens with one attached hydrogen (secondary N) is 1. The Balaban J connectivity index is 1.79. The topological polar surface area (TPSA) is 62.3 Å². The maximum atomic E-state index is 13.2. The van der Waals surface area contributed by atoms with Crippen molar-refractivity contribution in [3.05, 3.63) is 65.2 Å². The molecule has 1 N–H and O–H groups in total. The first kappa shape index (κ1) is 19.8. The summed E-state index contributed by atoms with van der Waals surface area (Å²) in [4.78, 5) is 30.2. The number of hydrogen-bond acceptors (Lipinski definition) is 3. The minimum absolute atomic E-state index is 0.0581. The average molecular weight is 395 g/mol. The minimum atomic E-state index is -4.75. The monoisotopic (exact) mass is 395 g/mol. The van der Waals surface area contributed by atoms with Gasteiger partial charge in [0.1, 0.15) is 5.82 Å². The normalized spacial score (nSPS) is 19.8. The molecule has 2 amide bonds. The fraction of sp³-hybridized carbons (Fsp3) is 0.316. The summed E-state index contributed by atoms with van der Waals surface area (Å²) in [6.07, 6.45) is -1.70. The average Bonchev–Trinajstić information content (AvgIpc) is 2.95. The fourth-order valence-corrected chi connectivity index (χ4v) is 3.39. The van der Waals surface area contributed by atoms with Crippen molar-refractivity contribution < 1.29 is 27.2 Å². The van der Waals surface area contributed by atoms with Crippen molar-refractivity contribution in [3.63, 3.8) is 0 Å². The number of benzene rings is 1. The second-order valence-corrected chi connectivity index (χ2v) is 6.56. The molecule has 0 aliphatic carbocycles. The number of pyridine rings is 1. The van der Waals surface area contributed by atoms with Crippen molar-refractivity contribution >= 4 is 11.8 Å². The SMILES string of the molecule is CN1C(=O)CC(C(=O)NCc2ccc(F)cc2C(F)(F)F)C1c1cccnc1. The summed E-state index contributed by atoms with van der Waals surface area (Å²) in [5.41, 5.74) is -0.733. The lowest BCUT2D eigenvalue weighted by molar-refractivity contribution is -0.138. The first-order valence-corrected chi connectivity index (χ1v) is 8.47. The zero-order valence-corrected chi connectivity index (χ0v) is 14.8. The van der Waals surface area contributed by atoms with Gasteiger partial charge in [-0.15, -0.1) is 0 Å². The standard InChI is InChI=1S/C19H17F4N3O2/c1-26-16(27)8-14(17(26)12-3-2-6-24-9-12)18(28)25-10-11-4-5-13(20)7-15(11)19(21,22)23/h2-7,9,14,17H,8,10H2,1H3,(H,25,28). The first-order chi connectivity index (χ1) is 13.2. The number of alkyl halides is 3. The molecule has 1 aromatic heterocycles. The highest BCUT2D eigenvalue weighted by Crippen LogP contribution is 2.37. The van der Waals surface area contributed by atoms with E-state index in [1.54, 1.807) is 31.6 Å². The van der Waals surface area contributed by atoms with E-state index in [1.165, 1.54) is 4.90 Å². The van der Waals surface area contributed by atoms with Crippen LogP contribution in [0.1, 0.15) is 29.2 Å². The van der Waals surface area contributed by atoms with E-state index in [2.05, 4.69) is 10.3 Å². The highest BCUT2D eigenvalue weighted by atomic mass is 19.4. The van der Waals surface area contributed by atoms with E-state index >= 15 is 0 Å². The molecule has 148 valence electrons. The van der Waals surface area contributed by atoms with Gasteiger partial charge in [0.05, 0.1) is 17.5 Å².